The maximum absolute atomic E-state index is 11.5. The van der Waals surface area contributed by atoms with Gasteiger partial charge in [-0.3, -0.25) is 4.79 Å². The van der Waals surface area contributed by atoms with Crippen LogP contribution in [0.25, 0.3) is 0 Å². The average Bonchev–Trinajstić information content (AvgIpc) is 2.03. The Morgan fingerprint density at radius 1 is 1.38 bits per heavy atom. The molecule has 0 aliphatic rings. The van der Waals surface area contributed by atoms with Crippen LogP contribution in [-0.4, -0.2) is 11.2 Å². The lowest BCUT2D eigenvalue weighted by molar-refractivity contribution is 0.0991. The van der Waals surface area contributed by atoms with E-state index in [4.69, 9.17) is 11.6 Å². The third-order valence-corrected chi connectivity index (χ3v) is 2.21. The lowest BCUT2D eigenvalue weighted by atomic mass is 10.0. The van der Waals surface area contributed by atoms with Crippen molar-refractivity contribution in [3.63, 3.8) is 0 Å². The van der Waals surface area contributed by atoms with Crippen LogP contribution in [0, 0.1) is 13.8 Å². The standard InChI is InChI=1S/C11H13ClO/c1-7-4-5-10(8(2)6-7)11(13)9(3)12/h4-6,9H,1-3H3. The second-order valence-electron chi connectivity index (χ2n) is 3.30. The molecule has 0 aliphatic carbocycles. The summed E-state index contributed by atoms with van der Waals surface area (Å²) < 4.78 is 0. The molecule has 0 fully saturated rings. The van der Waals surface area contributed by atoms with Crippen molar-refractivity contribution in [2.45, 2.75) is 26.1 Å². The summed E-state index contributed by atoms with van der Waals surface area (Å²) in [7, 11) is 0. The van der Waals surface area contributed by atoms with Gasteiger partial charge in [0, 0.05) is 5.56 Å². The molecule has 0 saturated carbocycles. The van der Waals surface area contributed by atoms with Gasteiger partial charge in [-0.2, -0.15) is 0 Å². The molecule has 0 aliphatic heterocycles. The number of rotatable bonds is 2. The van der Waals surface area contributed by atoms with Crippen LogP contribution in [0.2, 0.25) is 0 Å². The summed E-state index contributed by atoms with van der Waals surface area (Å²) in [6.45, 7) is 5.63. The van der Waals surface area contributed by atoms with E-state index in [1.807, 2.05) is 32.0 Å². The quantitative estimate of drug-likeness (QED) is 0.525. The van der Waals surface area contributed by atoms with E-state index in [2.05, 4.69) is 0 Å². The Balaban J connectivity index is 3.09. The summed E-state index contributed by atoms with van der Waals surface area (Å²) in [5, 5.41) is -0.443. The number of benzene rings is 1. The van der Waals surface area contributed by atoms with E-state index in [0.29, 0.717) is 0 Å². The highest BCUT2D eigenvalue weighted by atomic mass is 35.5. The fourth-order valence-electron chi connectivity index (χ4n) is 1.30. The van der Waals surface area contributed by atoms with E-state index in [1.54, 1.807) is 6.92 Å². The van der Waals surface area contributed by atoms with Crippen molar-refractivity contribution in [2.75, 3.05) is 0 Å². The van der Waals surface area contributed by atoms with Crippen LogP contribution in [0.5, 0.6) is 0 Å². The van der Waals surface area contributed by atoms with Gasteiger partial charge in [-0.15, -0.1) is 11.6 Å². The van der Waals surface area contributed by atoms with Crippen molar-refractivity contribution in [3.8, 4) is 0 Å². The zero-order valence-corrected chi connectivity index (χ0v) is 8.85. The summed E-state index contributed by atoms with van der Waals surface area (Å²) >= 11 is 5.72. The molecule has 2 heteroatoms. The lowest BCUT2D eigenvalue weighted by Crippen LogP contribution is -2.11. The predicted molar refractivity (Wildman–Crippen MR) is 55.6 cm³/mol. The van der Waals surface area contributed by atoms with Crippen molar-refractivity contribution in [2.24, 2.45) is 0 Å². The molecular formula is C11H13ClO. The van der Waals surface area contributed by atoms with Crippen LogP contribution < -0.4 is 0 Å². The van der Waals surface area contributed by atoms with Gasteiger partial charge in [-0.05, 0) is 26.3 Å². The third-order valence-electron chi connectivity index (χ3n) is 2.01. The molecule has 0 N–H and O–H groups in total. The Bertz CT molecular complexity index is 329. The van der Waals surface area contributed by atoms with Gasteiger partial charge >= 0.3 is 0 Å². The summed E-state index contributed by atoms with van der Waals surface area (Å²) in [5.74, 6) is -0.000772. The highest BCUT2D eigenvalue weighted by molar-refractivity contribution is 6.33. The summed E-state index contributed by atoms with van der Waals surface area (Å²) in [4.78, 5) is 11.5. The molecule has 1 nitrogen and oxygen atoms in total. The van der Waals surface area contributed by atoms with Crippen LogP contribution >= 0.6 is 11.6 Å². The molecule has 1 aromatic carbocycles. The molecule has 1 atom stereocenters. The second-order valence-corrected chi connectivity index (χ2v) is 3.95. The molecular weight excluding hydrogens is 184 g/mol. The van der Waals surface area contributed by atoms with Crippen molar-refractivity contribution in [1.29, 1.82) is 0 Å². The number of carbonyl (C=O) groups is 1. The monoisotopic (exact) mass is 196 g/mol. The van der Waals surface area contributed by atoms with Crippen molar-refractivity contribution >= 4 is 17.4 Å². The Hall–Kier alpha value is -0.820. The Morgan fingerprint density at radius 2 is 2.00 bits per heavy atom. The zero-order chi connectivity index (χ0) is 10.0. The molecule has 0 amide bonds. The minimum absolute atomic E-state index is 0.000772. The van der Waals surface area contributed by atoms with Gasteiger partial charge in [0.2, 0.25) is 0 Å². The first-order valence-corrected chi connectivity index (χ1v) is 4.71. The fourth-order valence-corrected chi connectivity index (χ4v) is 1.42. The number of aryl methyl sites for hydroxylation is 2. The van der Waals surface area contributed by atoms with Crippen LogP contribution in [0.1, 0.15) is 28.4 Å². The van der Waals surface area contributed by atoms with Crippen molar-refractivity contribution < 1.29 is 4.79 Å². The van der Waals surface area contributed by atoms with Gasteiger partial charge in [-0.25, -0.2) is 0 Å². The Morgan fingerprint density at radius 3 is 2.46 bits per heavy atom. The second kappa shape index (κ2) is 3.93. The van der Waals surface area contributed by atoms with Crippen LogP contribution in [-0.2, 0) is 0 Å². The molecule has 0 aromatic heterocycles. The average molecular weight is 197 g/mol. The Labute approximate surface area is 83.7 Å². The van der Waals surface area contributed by atoms with E-state index < -0.39 is 5.38 Å². The number of hydrogen-bond acceptors (Lipinski definition) is 1. The highest BCUT2D eigenvalue weighted by Gasteiger charge is 2.13. The molecule has 0 radical (unpaired) electrons. The normalized spacial score (nSPS) is 12.6. The molecule has 0 saturated heterocycles. The largest absolute Gasteiger partial charge is 0.293 e. The van der Waals surface area contributed by atoms with Crippen LogP contribution in [0.4, 0.5) is 0 Å². The van der Waals surface area contributed by atoms with Crippen molar-refractivity contribution in [3.05, 3.63) is 34.9 Å². The number of ketones is 1. The SMILES string of the molecule is Cc1ccc(C(=O)C(C)Cl)c(C)c1. The topological polar surface area (TPSA) is 17.1 Å². The van der Waals surface area contributed by atoms with Gasteiger partial charge in [0.05, 0.1) is 5.38 Å². The minimum atomic E-state index is -0.443. The first kappa shape index (κ1) is 10.3. The summed E-state index contributed by atoms with van der Waals surface area (Å²) in [6.07, 6.45) is 0. The van der Waals surface area contributed by atoms with Crippen LogP contribution in [0.15, 0.2) is 18.2 Å². The molecule has 13 heavy (non-hydrogen) atoms. The minimum Gasteiger partial charge on any atom is -0.293 e. The number of halogens is 1. The first-order valence-electron chi connectivity index (χ1n) is 4.28. The summed E-state index contributed by atoms with van der Waals surface area (Å²) in [6, 6.07) is 5.76. The van der Waals surface area contributed by atoms with E-state index in [-0.39, 0.29) is 5.78 Å². The maximum atomic E-state index is 11.5. The summed E-state index contributed by atoms with van der Waals surface area (Å²) in [5.41, 5.74) is 2.89. The van der Waals surface area contributed by atoms with Gasteiger partial charge in [0.25, 0.3) is 0 Å². The Kier molecular flexibility index (Phi) is 3.10. The predicted octanol–water partition coefficient (Wildman–Crippen LogP) is 3.11. The maximum Gasteiger partial charge on any atom is 0.180 e. The van der Waals surface area contributed by atoms with Crippen molar-refractivity contribution in [1.82, 2.24) is 0 Å². The molecule has 1 rings (SSSR count). The lowest BCUT2D eigenvalue weighted by Gasteiger charge is -2.06. The third kappa shape index (κ3) is 2.31. The van der Waals surface area contributed by atoms with Gasteiger partial charge in [0.15, 0.2) is 5.78 Å². The smallest absolute Gasteiger partial charge is 0.180 e. The van der Waals surface area contributed by atoms with E-state index in [1.165, 1.54) is 0 Å². The van der Waals surface area contributed by atoms with E-state index in [9.17, 15) is 4.79 Å². The van der Waals surface area contributed by atoms with Gasteiger partial charge < -0.3 is 0 Å². The number of alkyl halides is 1. The molecule has 70 valence electrons. The first-order chi connectivity index (χ1) is 6.02. The number of hydrogen-bond donors (Lipinski definition) is 0. The number of Topliss-reactive ketones (excluding diaryl/α,β-unsaturated/α-hetero) is 1. The molecule has 1 aromatic rings. The molecule has 0 bridgehead atoms. The van der Waals surface area contributed by atoms with Crippen LogP contribution in [0.3, 0.4) is 0 Å². The number of carbonyl (C=O) groups excluding carboxylic acids is 1. The van der Waals surface area contributed by atoms with E-state index in [0.717, 1.165) is 16.7 Å². The zero-order valence-electron chi connectivity index (χ0n) is 8.10. The highest BCUT2D eigenvalue weighted by Crippen LogP contribution is 2.14. The molecule has 0 spiro atoms. The fraction of sp³-hybridized carbons (Fsp3) is 0.364. The van der Waals surface area contributed by atoms with Gasteiger partial charge in [-0.1, -0.05) is 23.8 Å². The van der Waals surface area contributed by atoms with Gasteiger partial charge in [0.1, 0.15) is 0 Å². The molecule has 1 unspecified atom stereocenters. The van der Waals surface area contributed by atoms with E-state index >= 15 is 0 Å². The molecule has 0 heterocycles.